The molecular weight excluding hydrogens is 270 g/mol. The molecule has 22 heavy (non-hydrogen) atoms. The van der Waals surface area contributed by atoms with Crippen LogP contribution < -0.4 is 5.48 Å². The first-order valence-electron chi connectivity index (χ1n) is 7.14. The van der Waals surface area contributed by atoms with Crippen molar-refractivity contribution in [3.05, 3.63) is 91.0 Å². The average molecular weight is 287 g/mol. The minimum Gasteiger partial charge on any atom is -0.291 e. The summed E-state index contributed by atoms with van der Waals surface area (Å²) in [6, 6.07) is 26.5. The maximum absolute atomic E-state index is 9.10. The number of hydrogen-bond acceptors (Lipinski definition) is 2. The molecule has 0 bridgehead atoms. The van der Waals surface area contributed by atoms with E-state index in [1.54, 1.807) is 0 Å². The number of benzene rings is 3. The Hall–Kier alpha value is -2.84. The quantitative estimate of drug-likeness (QED) is 0.664. The van der Waals surface area contributed by atoms with E-state index in [0.717, 1.165) is 16.7 Å². The summed E-state index contributed by atoms with van der Waals surface area (Å²) in [7, 11) is 0. The van der Waals surface area contributed by atoms with E-state index in [9.17, 15) is 0 Å². The molecule has 0 heterocycles. The molecule has 0 atom stereocenters. The summed E-state index contributed by atoms with van der Waals surface area (Å²) in [5, 5.41) is 9.10. The van der Waals surface area contributed by atoms with Crippen molar-refractivity contribution in [1.29, 1.82) is 0 Å². The fraction of sp³-hybridized carbons (Fsp3) is 0. The van der Waals surface area contributed by atoms with E-state index in [4.69, 9.17) is 5.21 Å². The molecule has 3 aromatic carbocycles. The minimum absolute atomic E-state index is 0.489. The van der Waals surface area contributed by atoms with Crippen LogP contribution in [0, 0.1) is 0 Å². The highest BCUT2D eigenvalue weighted by molar-refractivity contribution is 5.80. The molecule has 2 heteroatoms. The Kier molecular flexibility index (Phi) is 4.03. The fourth-order valence-corrected chi connectivity index (χ4v) is 2.53. The topological polar surface area (TPSA) is 32.3 Å². The van der Waals surface area contributed by atoms with Crippen molar-refractivity contribution in [3.63, 3.8) is 0 Å². The zero-order chi connectivity index (χ0) is 15.4. The monoisotopic (exact) mass is 287 g/mol. The second kappa shape index (κ2) is 6.29. The molecule has 3 aromatic rings. The summed E-state index contributed by atoms with van der Waals surface area (Å²) >= 11 is 0. The Labute approximate surface area is 130 Å². The summed E-state index contributed by atoms with van der Waals surface area (Å²) < 4.78 is 0. The van der Waals surface area contributed by atoms with Gasteiger partial charge in [0.05, 0.1) is 5.70 Å². The molecule has 0 fully saturated rings. The van der Waals surface area contributed by atoms with Gasteiger partial charge in [-0.1, -0.05) is 85.4 Å². The van der Waals surface area contributed by atoms with Gasteiger partial charge >= 0.3 is 0 Å². The van der Waals surface area contributed by atoms with Crippen molar-refractivity contribution in [3.8, 4) is 22.3 Å². The standard InChI is InChI=1S/C20H17NO/c1-15(21-22)19-9-5-6-10-20(19)18-13-11-17(12-14-18)16-7-3-2-4-8-16/h2-14,21-22H,1H2. The van der Waals surface area contributed by atoms with E-state index >= 15 is 0 Å². The Morgan fingerprint density at radius 1 is 0.682 bits per heavy atom. The van der Waals surface area contributed by atoms with Crippen molar-refractivity contribution in [2.24, 2.45) is 0 Å². The highest BCUT2D eigenvalue weighted by Gasteiger charge is 2.07. The van der Waals surface area contributed by atoms with Gasteiger partial charge in [-0.05, 0) is 22.3 Å². The van der Waals surface area contributed by atoms with Crippen LogP contribution in [0.25, 0.3) is 28.0 Å². The summed E-state index contributed by atoms with van der Waals surface area (Å²) in [4.78, 5) is 0. The molecule has 0 aliphatic heterocycles. The van der Waals surface area contributed by atoms with E-state index in [0.29, 0.717) is 5.70 Å². The first-order chi connectivity index (χ1) is 10.8. The van der Waals surface area contributed by atoms with E-state index in [1.807, 2.05) is 42.5 Å². The lowest BCUT2D eigenvalue weighted by atomic mass is 9.96. The molecule has 0 aliphatic carbocycles. The predicted octanol–water partition coefficient (Wildman–Crippen LogP) is 4.97. The second-order valence-corrected chi connectivity index (χ2v) is 5.08. The lowest BCUT2D eigenvalue weighted by Gasteiger charge is -2.11. The van der Waals surface area contributed by atoms with Crippen molar-refractivity contribution in [1.82, 2.24) is 5.48 Å². The van der Waals surface area contributed by atoms with E-state index in [2.05, 4.69) is 48.5 Å². The highest BCUT2D eigenvalue weighted by Crippen LogP contribution is 2.29. The van der Waals surface area contributed by atoms with E-state index in [-0.39, 0.29) is 0 Å². The Bertz CT molecular complexity index is 776. The van der Waals surface area contributed by atoms with Crippen LogP contribution in [0.5, 0.6) is 0 Å². The van der Waals surface area contributed by atoms with Crippen LogP contribution in [-0.2, 0) is 0 Å². The third kappa shape index (κ3) is 2.78. The largest absolute Gasteiger partial charge is 0.291 e. The molecule has 2 N–H and O–H groups in total. The normalized spacial score (nSPS) is 10.2. The molecular formula is C20H17NO. The molecule has 3 rings (SSSR count). The maximum Gasteiger partial charge on any atom is 0.0608 e. The van der Waals surface area contributed by atoms with Gasteiger partial charge in [0.2, 0.25) is 0 Å². The molecule has 108 valence electrons. The molecule has 0 radical (unpaired) electrons. The van der Waals surface area contributed by atoms with Gasteiger partial charge in [0.15, 0.2) is 0 Å². The molecule has 0 spiro atoms. The van der Waals surface area contributed by atoms with Crippen LogP contribution in [0.3, 0.4) is 0 Å². The Balaban J connectivity index is 1.99. The number of hydroxylamine groups is 1. The summed E-state index contributed by atoms with van der Waals surface area (Å²) in [6.45, 7) is 3.83. The van der Waals surface area contributed by atoms with Crippen molar-refractivity contribution in [2.75, 3.05) is 0 Å². The van der Waals surface area contributed by atoms with Crippen molar-refractivity contribution in [2.45, 2.75) is 0 Å². The zero-order valence-electron chi connectivity index (χ0n) is 12.2. The van der Waals surface area contributed by atoms with Gasteiger partial charge in [0.1, 0.15) is 0 Å². The molecule has 0 amide bonds. The lowest BCUT2D eigenvalue weighted by Crippen LogP contribution is -2.05. The van der Waals surface area contributed by atoms with Crippen LogP contribution in [0.2, 0.25) is 0 Å². The molecule has 0 aromatic heterocycles. The Morgan fingerprint density at radius 2 is 1.23 bits per heavy atom. The lowest BCUT2D eigenvalue weighted by molar-refractivity contribution is 0.225. The number of rotatable bonds is 4. The van der Waals surface area contributed by atoms with E-state index in [1.165, 1.54) is 11.1 Å². The molecule has 2 nitrogen and oxygen atoms in total. The number of hydrogen-bond donors (Lipinski definition) is 2. The van der Waals surface area contributed by atoms with Crippen LogP contribution in [0.15, 0.2) is 85.4 Å². The first-order valence-corrected chi connectivity index (χ1v) is 7.14. The van der Waals surface area contributed by atoms with Crippen LogP contribution >= 0.6 is 0 Å². The molecule has 0 unspecified atom stereocenters. The third-order valence-electron chi connectivity index (χ3n) is 3.69. The fourth-order valence-electron chi connectivity index (χ4n) is 2.53. The maximum atomic E-state index is 9.10. The van der Waals surface area contributed by atoms with Gasteiger partial charge in [-0.15, -0.1) is 0 Å². The van der Waals surface area contributed by atoms with Crippen molar-refractivity contribution < 1.29 is 5.21 Å². The van der Waals surface area contributed by atoms with Gasteiger partial charge in [0.25, 0.3) is 0 Å². The zero-order valence-corrected chi connectivity index (χ0v) is 12.2. The Morgan fingerprint density at radius 3 is 1.91 bits per heavy atom. The smallest absolute Gasteiger partial charge is 0.0608 e. The average Bonchev–Trinajstić information content (AvgIpc) is 2.62. The third-order valence-corrected chi connectivity index (χ3v) is 3.69. The van der Waals surface area contributed by atoms with Gasteiger partial charge in [-0.3, -0.25) is 10.7 Å². The van der Waals surface area contributed by atoms with Crippen LogP contribution in [0.1, 0.15) is 5.56 Å². The predicted molar refractivity (Wildman–Crippen MR) is 91.3 cm³/mol. The molecule has 0 saturated heterocycles. The summed E-state index contributed by atoms with van der Waals surface area (Å²) in [6.07, 6.45) is 0. The van der Waals surface area contributed by atoms with E-state index < -0.39 is 0 Å². The number of nitrogens with one attached hydrogen (secondary N) is 1. The first kappa shape index (κ1) is 14.1. The second-order valence-electron chi connectivity index (χ2n) is 5.08. The van der Waals surface area contributed by atoms with Gasteiger partial charge < -0.3 is 0 Å². The van der Waals surface area contributed by atoms with Crippen molar-refractivity contribution >= 4 is 5.70 Å². The highest BCUT2D eigenvalue weighted by atomic mass is 16.5. The van der Waals surface area contributed by atoms with Gasteiger partial charge in [0, 0.05) is 5.56 Å². The minimum atomic E-state index is 0.489. The van der Waals surface area contributed by atoms with Crippen LogP contribution in [-0.4, -0.2) is 5.21 Å². The summed E-state index contributed by atoms with van der Waals surface area (Å²) in [5.41, 5.74) is 8.01. The van der Waals surface area contributed by atoms with Gasteiger partial charge in [-0.2, -0.15) is 0 Å². The summed E-state index contributed by atoms with van der Waals surface area (Å²) in [5.74, 6) is 0. The SMILES string of the molecule is C=C(NO)c1ccccc1-c1ccc(-c2ccccc2)cc1. The van der Waals surface area contributed by atoms with Gasteiger partial charge in [-0.25, -0.2) is 0 Å². The molecule has 0 saturated carbocycles. The molecule has 0 aliphatic rings. The van der Waals surface area contributed by atoms with Crippen LogP contribution in [0.4, 0.5) is 0 Å².